The molecular formula is C31H33N3O7S. The Balaban J connectivity index is 1.39. The number of fused-ring (bicyclic) bond motifs is 1. The lowest BCUT2D eigenvalue weighted by molar-refractivity contribution is -0.384. The number of aromatic carboxylic acids is 1. The Labute approximate surface area is 244 Å². The summed E-state index contributed by atoms with van der Waals surface area (Å²) in [6, 6.07) is 23.5. The molecule has 42 heavy (non-hydrogen) atoms. The van der Waals surface area contributed by atoms with E-state index in [9.17, 15) is 33.5 Å². The van der Waals surface area contributed by atoms with Gasteiger partial charge in [0.1, 0.15) is 0 Å². The molecule has 0 amide bonds. The predicted octanol–water partition coefficient (Wildman–Crippen LogP) is 4.71. The van der Waals surface area contributed by atoms with E-state index in [0.717, 1.165) is 26.7 Å². The van der Waals surface area contributed by atoms with Crippen LogP contribution < -0.4 is 5.32 Å². The number of rotatable bonds is 12. The molecule has 0 saturated carbocycles. The minimum absolute atomic E-state index is 0.0329. The van der Waals surface area contributed by atoms with E-state index in [1.165, 1.54) is 43.4 Å². The van der Waals surface area contributed by atoms with Gasteiger partial charge in [0, 0.05) is 37.8 Å². The first-order chi connectivity index (χ1) is 19.7. The highest BCUT2D eigenvalue weighted by atomic mass is 32.2. The van der Waals surface area contributed by atoms with Gasteiger partial charge >= 0.3 is 5.97 Å². The Kier molecular flexibility index (Phi) is 9.07. The van der Waals surface area contributed by atoms with Crippen LogP contribution in [-0.2, 0) is 16.4 Å². The molecule has 0 radical (unpaired) electrons. The smallest absolute Gasteiger partial charge is 0.335 e. The number of nitrogens with zero attached hydrogens (tertiary/aromatic N) is 2. The molecule has 0 saturated heterocycles. The quantitative estimate of drug-likeness (QED) is 0.158. The monoisotopic (exact) mass is 591 g/mol. The number of nitro groups is 1. The summed E-state index contributed by atoms with van der Waals surface area (Å²) in [5.41, 5.74) is 0.840. The number of hydrogen-bond donors (Lipinski definition) is 3. The van der Waals surface area contributed by atoms with Crippen LogP contribution >= 0.6 is 0 Å². The zero-order valence-corrected chi connectivity index (χ0v) is 24.3. The number of carboxylic acids is 1. The summed E-state index contributed by atoms with van der Waals surface area (Å²) in [6.45, 7) is 4.09. The maximum absolute atomic E-state index is 13.2. The Morgan fingerprint density at radius 1 is 0.976 bits per heavy atom. The van der Waals surface area contributed by atoms with Gasteiger partial charge in [0.05, 0.1) is 21.5 Å². The number of nitro benzene ring substituents is 1. The third-order valence-corrected chi connectivity index (χ3v) is 8.85. The summed E-state index contributed by atoms with van der Waals surface area (Å²) in [5.74, 6) is -1.31. The molecule has 4 aromatic carbocycles. The Morgan fingerprint density at radius 3 is 2.29 bits per heavy atom. The number of carboxylic acid groups (broad SMARTS) is 1. The second-order valence-corrected chi connectivity index (χ2v) is 13.0. The second-order valence-electron chi connectivity index (χ2n) is 10.9. The molecule has 0 aliphatic heterocycles. The maximum atomic E-state index is 13.2. The number of sulfonamides is 1. The molecular weight excluding hydrogens is 558 g/mol. The van der Waals surface area contributed by atoms with E-state index in [1.54, 1.807) is 0 Å². The summed E-state index contributed by atoms with van der Waals surface area (Å²) in [7, 11) is -2.57. The SMILES string of the molecule is CN(CC(O)CNC(C)(C)Cc1ccc2ccccc2c1)S(=O)(=O)c1ccc(-c2cc(C(=O)O)cc([N+](=O)[O-])c2)cc1. The van der Waals surface area contributed by atoms with Crippen molar-refractivity contribution in [2.75, 3.05) is 20.1 Å². The molecule has 3 N–H and O–H groups in total. The van der Waals surface area contributed by atoms with E-state index >= 15 is 0 Å². The second kappa shape index (κ2) is 12.4. The highest BCUT2D eigenvalue weighted by Crippen LogP contribution is 2.28. The van der Waals surface area contributed by atoms with Crippen molar-refractivity contribution in [3.05, 3.63) is 106 Å². The summed E-state index contributed by atoms with van der Waals surface area (Å²) >= 11 is 0. The minimum atomic E-state index is -3.96. The van der Waals surface area contributed by atoms with Crippen LogP contribution in [0, 0.1) is 10.1 Å². The van der Waals surface area contributed by atoms with Crippen LogP contribution in [0.15, 0.2) is 89.8 Å². The predicted molar refractivity (Wildman–Crippen MR) is 161 cm³/mol. The standard InChI is InChI=1S/C31H33N3O7S/c1-31(2,18-21-8-9-22-6-4-5-7-24(22)14-21)32-19-28(35)20-33(3)42(40,41)29-12-10-23(11-13-29)25-15-26(30(36)37)17-27(16-25)34(38)39/h4-17,28,32,35H,18-20H2,1-3H3,(H,36,37). The number of aliphatic hydroxyl groups excluding tert-OH is 1. The topological polar surface area (TPSA) is 150 Å². The zero-order chi connectivity index (χ0) is 30.7. The van der Waals surface area contributed by atoms with Crippen LogP contribution in [-0.4, -0.2) is 65.6 Å². The van der Waals surface area contributed by atoms with Crippen molar-refractivity contribution in [1.29, 1.82) is 0 Å². The molecule has 0 heterocycles. The van der Waals surface area contributed by atoms with E-state index in [4.69, 9.17) is 0 Å². The molecule has 4 rings (SSSR count). The number of carbonyl (C=O) groups is 1. The third kappa shape index (κ3) is 7.37. The summed E-state index contributed by atoms with van der Waals surface area (Å²) < 4.78 is 27.4. The van der Waals surface area contributed by atoms with Crippen molar-refractivity contribution >= 4 is 32.5 Å². The Hall–Kier alpha value is -4.16. The van der Waals surface area contributed by atoms with Crippen LogP contribution in [0.1, 0.15) is 29.8 Å². The number of aliphatic hydroxyl groups is 1. The van der Waals surface area contributed by atoms with E-state index in [2.05, 4.69) is 35.6 Å². The van der Waals surface area contributed by atoms with Crippen LogP contribution in [0.25, 0.3) is 21.9 Å². The van der Waals surface area contributed by atoms with Crippen molar-refractivity contribution < 1.29 is 28.3 Å². The lowest BCUT2D eigenvalue weighted by atomic mass is 9.93. The van der Waals surface area contributed by atoms with Crippen molar-refractivity contribution in [2.24, 2.45) is 0 Å². The third-order valence-electron chi connectivity index (χ3n) is 7.02. The van der Waals surface area contributed by atoms with Gasteiger partial charge < -0.3 is 15.5 Å². The molecule has 0 aliphatic rings. The highest BCUT2D eigenvalue weighted by molar-refractivity contribution is 7.89. The Morgan fingerprint density at radius 2 is 1.64 bits per heavy atom. The fourth-order valence-corrected chi connectivity index (χ4v) is 5.99. The largest absolute Gasteiger partial charge is 0.478 e. The molecule has 0 bridgehead atoms. The molecule has 0 spiro atoms. The molecule has 4 aromatic rings. The molecule has 220 valence electrons. The molecule has 0 aliphatic carbocycles. The van der Waals surface area contributed by atoms with Crippen LogP contribution in [0.3, 0.4) is 0 Å². The van der Waals surface area contributed by atoms with Gasteiger partial charge in [0.2, 0.25) is 10.0 Å². The lowest BCUT2D eigenvalue weighted by Crippen LogP contribution is -2.47. The van der Waals surface area contributed by atoms with E-state index < -0.39 is 27.0 Å². The van der Waals surface area contributed by atoms with Crippen LogP contribution in [0.2, 0.25) is 0 Å². The summed E-state index contributed by atoms with van der Waals surface area (Å²) in [4.78, 5) is 21.9. The van der Waals surface area contributed by atoms with Crippen molar-refractivity contribution in [1.82, 2.24) is 9.62 Å². The first kappa shape index (κ1) is 30.8. The summed E-state index contributed by atoms with van der Waals surface area (Å²) in [5, 5.41) is 36.9. The number of benzene rings is 4. The average molecular weight is 592 g/mol. The number of β-amino-alcohol motifs (C(OH)–C–C–N with tert-alkyl or cyclic N) is 1. The van der Waals surface area contributed by atoms with Crippen molar-refractivity contribution in [3.63, 3.8) is 0 Å². The number of non-ortho nitro benzene ring substituents is 1. The number of nitrogens with one attached hydrogen (secondary N) is 1. The fraction of sp³-hybridized carbons (Fsp3) is 0.258. The van der Waals surface area contributed by atoms with E-state index in [0.29, 0.717) is 12.0 Å². The molecule has 10 nitrogen and oxygen atoms in total. The first-order valence-corrected chi connectivity index (χ1v) is 14.7. The van der Waals surface area contributed by atoms with Crippen molar-refractivity contribution in [3.8, 4) is 11.1 Å². The molecule has 11 heteroatoms. The molecule has 1 unspecified atom stereocenters. The summed E-state index contributed by atoms with van der Waals surface area (Å²) in [6.07, 6.45) is -0.261. The van der Waals surface area contributed by atoms with Gasteiger partial charge in [0.25, 0.3) is 5.69 Å². The molecule has 0 aromatic heterocycles. The van der Waals surface area contributed by atoms with Gasteiger partial charge in [-0.15, -0.1) is 0 Å². The number of hydrogen-bond acceptors (Lipinski definition) is 7. The van der Waals surface area contributed by atoms with Gasteiger partial charge in [-0.2, -0.15) is 4.31 Å². The van der Waals surface area contributed by atoms with Crippen LogP contribution in [0.4, 0.5) is 5.69 Å². The normalized spacial score (nSPS) is 12.9. The van der Waals surface area contributed by atoms with E-state index in [-0.39, 0.29) is 40.3 Å². The van der Waals surface area contributed by atoms with Crippen LogP contribution in [0.5, 0.6) is 0 Å². The van der Waals surface area contributed by atoms with E-state index in [1.807, 2.05) is 26.0 Å². The minimum Gasteiger partial charge on any atom is -0.478 e. The molecule has 0 fully saturated rings. The van der Waals surface area contributed by atoms with Crippen molar-refractivity contribution in [2.45, 2.75) is 36.8 Å². The highest BCUT2D eigenvalue weighted by Gasteiger charge is 2.25. The zero-order valence-electron chi connectivity index (χ0n) is 23.5. The van der Waals surface area contributed by atoms with Gasteiger partial charge in [0.15, 0.2) is 0 Å². The van der Waals surface area contributed by atoms with Gasteiger partial charge in [-0.3, -0.25) is 10.1 Å². The van der Waals surface area contributed by atoms with Gasteiger partial charge in [-0.25, -0.2) is 13.2 Å². The fourth-order valence-electron chi connectivity index (χ4n) is 4.78. The number of likely N-dealkylation sites (N-methyl/N-ethyl adjacent to an activating group) is 1. The lowest BCUT2D eigenvalue weighted by Gasteiger charge is -2.29. The molecule has 1 atom stereocenters. The Bertz CT molecular complexity index is 1690. The van der Waals surface area contributed by atoms with Gasteiger partial charge in [-0.05, 0) is 65.9 Å². The van der Waals surface area contributed by atoms with Gasteiger partial charge in [-0.1, -0.05) is 54.6 Å². The average Bonchev–Trinajstić information content (AvgIpc) is 2.95. The maximum Gasteiger partial charge on any atom is 0.335 e. The first-order valence-electron chi connectivity index (χ1n) is 13.3.